The fraction of sp³-hybridized carbons (Fsp3) is 0. The second kappa shape index (κ2) is 8.57. The summed E-state index contributed by atoms with van der Waals surface area (Å²) in [6, 6.07) is 47.6. The summed E-state index contributed by atoms with van der Waals surface area (Å²) in [5.74, 6) is 1.81. The average molecular weight is 567 g/mol. The first-order chi connectivity index (χ1) is 21.3. The predicted molar refractivity (Wildman–Crippen MR) is 180 cm³/mol. The first-order valence-electron chi connectivity index (χ1n) is 14.5. The Labute approximate surface area is 251 Å². The highest BCUT2D eigenvalue weighted by atomic mass is 32.1. The van der Waals surface area contributed by atoms with Gasteiger partial charge in [-0.1, -0.05) is 78.9 Å². The molecule has 7 aromatic carbocycles. The van der Waals surface area contributed by atoms with Gasteiger partial charge in [-0.3, -0.25) is 0 Å². The molecular weight excluding hydrogens is 545 g/mol. The molecule has 0 aliphatic carbocycles. The van der Waals surface area contributed by atoms with E-state index in [1.54, 1.807) is 0 Å². The van der Waals surface area contributed by atoms with E-state index in [-0.39, 0.29) is 0 Å². The normalized spacial score (nSPS) is 12.4. The minimum absolute atomic E-state index is 0.898. The molecule has 0 radical (unpaired) electrons. The molecule has 2 nitrogen and oxygen atoms in total. The van der Waals surface area contributed by atoms with Gasteiger partial charge in [0.25, 0.3) is 0 Å². The molecule has 0 N–H and O–H groups in total. The van der Waals surface area contributed by atoms with Gasteiger partial charge in [0.1, 0.15) is 22.7 Å². The molecule has 1 aliphatic heterocycles. The van der Waals surface area contributed by atoms with Crippen LogP contribution in [0.3, 0.4) is 0 Å². The van der Waals surface area contributed by atoms with Crippen molar-refractivity contribution >= 4 is 64.2 Å². The molecule has 0 fully saturated rings. The number of thiophene rings is 1. The molecule has 0 atom stereocenters. The van der Waals surface area contributed by atoms with E-state index in [4.69, 9.17) is 9.15 Å². The monoisotopic (exact) mass is 566 g/mol. The standard InChI is InChI=1S/C40H22O2S/c1-3-12-34-28(8-1)33-20-26(19-25-7-5-13-35(41-34)39(25)33)23-15-17-29-30-18-16-24(22-37(30)42-36(29)21-23)27-10-6-11-32-31-9-2-4-14-38(31)43-40(27)32/h1-22H. The third-order valence-corrected chi connectivity index (χ3v) is 10.1. The lowest BCUT2D eigenvalue weighted by Crippen LogP contribution is -1.97. The number of hydrogen-bond acceptors (Lipinski definition) is 3. The van der Waals surface area contributed by atoms with Gasteiger partial charge in [0.2, 0.25) is 0 Å². The predicted octanol–water partition coefficient (Wildman–Crippen LogP) is 12.2. The lowest BCUT2D eigenvalue weighted by Gasteiger charge is -2.22. The van der Waals surface area contributed by atoms with Crippen LogP contribution in [0.15, 0.2) is 138 Å². The molecule has 3 heteroatoms. The van der Waals surface area contributed by atoms with Crippen molar-refractivity contribution in [1.82, 2.24) is 0 Å². The molecule has 10 rings (SSSR count). The molecule has 1 aliphatic rings. The smallest absolute Gasteiger partial charge is 0.136 e. The van der Waals surface area contributed by atoms with Crippen LogP contribution in [0.2, 0.25) is 0 Å². The largest absolute Gasteiger partial charge is 0.456 e. The van der Waals surface area contributed by atoms with E-state index in [2.05, 4.69) is 121 Å². The number of benzene rings is 7. The first kappa shape index (κ1) is 23.2. The van der Waals surface area contributed by atoms with Crippen molar-refractivity contribution in [3.63, 3.8) is 0 Å². The molecule has 0 saturated heterocycles. The van der Waals surface area contributed by atoms with E-state index in [1.807, 2.05) is 23.5 Å². The van der Waals surface area contributed by atoms with Gasteiger partial charge in [-0.25, -0.2) is 0 Å². The summed E-state index contributed by atoms with van der Waals surface area (Å²) in [6.07, 6.45) is 0. The summed E-state index contributed by atoms with van der Waals surface area (Å²) in [5, 5.41) is 7.23. The Bertz CT molecular complexity index is 2600. The van der Waals surface area contributed by atoms with Crippen molar-refractivity contribution in [2.75, 3.05) is 0 Å². The fourth-order valence-corrected chi connectivity index (χ4v) is 8.09. The quantitative estimate of drug-likeness (QED) is 0.208. The van der Waals surface area contributed by atoms with Crippen LogP contribution in [0.5, 0.6) is 11.5 Å². The van der Waals surface area contributed by atoms with Gasteiger partial charge < -0.3 is 9.15 Å². The summed E-state index contributed by atoms with van der Waals surface area (Å²) in [6.45, 7) is 0. The molecule has 2 aromatic heterocycles. The van der Waals surface area contributed by atoms with E-state index >= 15 is 0 Å². The zero-order valence-corrected chi connectivity index (χ0v) is 23.7. The topological polar surface area (TPSA) is 22.4 Å². The molecule has 0 unspecified atom stereocenters. The van der Waals surface area contributed by atoms with Crippen molar-refractivity contribution in [1.29, 1.82) is 0 Å². The zero-order valence-electron chi connectivity index (χ0n) is 22.9. The second-order valence-corrected chi connectivity index (χ2v) is 12.3. The van der Waals surface area contributed by atoms with Gasteiger partial charge in [0.15, 0.2) is 0 Å². The minimum Gasteiger partial charge on any atom is -0.456 e. The average Bonchev–Trinajstić information content (AvgIpc) is 3.62. The zero-order chi connectivity index (χ0) is 28.1. The third-order valence-electron chi connectivity index (χ3n) is 8.86. The highest BCUT2D eigenvalue weighted by Crippen LogP contribution is 2.48. The van der Waals surface area contributed by atoms with E-state index in [0.717, 1.165) is 55.5 Å². The summed E-state index contributed by atoms with van der Waals surface area (Å²) >= 11 is 1.86. The van der Waals surface area contributed by atoms with E-state index in [1.165, 1.54) is 42.2 Å². The Balaban J connectivity index is 1.12. The van der Waals surface area contributed by atoms with Crippen LogP contribution in [-0.2, 0) is 0 Å². The molecule has 9 aromatic rings. The van der Waals surface area contributed by atoms with Crippen LogP contribution in [0, 0.1) is 0 Å². The molecule has 3 heterocycles. The molecule has 0 amide bonds. The Morgan fingerprint density at radius 3 is 2.09 bits per heavy atom. The van der Waals surface area contributed by atoms with Gasteiger partial charge in [-0.2, -0.15) is 0 Å². The van der Waals surface area contributed by atoms with Crippen molar-refractivity contribution in [2.45, 2.75) is 0 Å². The first-order valence-corrected chi connectivity index (χ1v) is 15.3. The molecule has 200 valence electrons. The minimum atomic E-state index is 0.898. The van der Waals surface area contributed by atoms with Crippen LogP contribution in [0.4, 0.5) is 0 Å². The maximum absolute atomic E-state index is 6.56. The highest BCUT2D eigenvalue weighted by molar-refractivity contribution is 7.26. The maximum Gasteiger partial charge on any atom is 0.136 e. The van der Waals surface area contributed by atoms with Crippen LogP contribution < -0.4 is 4.74 Å². The fourth-order valence-electron chi connectivity index (χ4n) is 6.85. The number of fused-ring (bicyclic) bond motifs is 8. The molecule has 0 saturated carbocycles. The Morgan fingerprint density at radius 1 is 0.442 bits per heavy atom. The number of rotatable bonds is 2. The van der Waals surface area contributed by atoms with Crippen molar-refractivity contribution in [3.05, 3.63) is 133 Å². The van der Waals surface area contributed by atoms with E-state index in [0.29, 0.717) is 0 Å². The number of ether oxygens (including phenoxy) is 1. The second-order valence-electron chi connectivity index (χ2n) is 11.3. The van der Waals surface area contributed by atoms with Gasteiger partial charge in [-0.15, -0.1) is 11.3 Å². The molecule has 0 spiro atoms. The van der Waals surface area contributed by atoms with Crippen LogP contribution in [0.1, 0.15) is 0 Å². The Morgan fingerprint density at radius 2 is 1.16 bits per heavy atom. The van der Waals surface area contributed by atoms with Crippen LogP contribution in [-0.4, -0.2) is 0 Å². The van der Waals surface area contributed by atoms with Crippen molar-refractivity contribution in [3.8, 4) is 44.9 Å². The number of furan rings is 1. The highest BCUT2D eigenvalue weighted by Gasteiger charge is 2.21. The summed E-state index contributed by atoms with van der Waals surface area (Å²) in [4.78, 5) is 0. The summed E-state index contributed by atoms with van der Waals surface area (Å²) in [5.41, 5.74) is 8.85. The van der Waals surface area contributed by atoms with Crippen molar-refractivity contribution < 1.29 is 9.15 Å². The Hall–Kier alpha value is -5.38. The van der Waals surface area contributed by atoms with Crippen LogP contribution >= 0.6 is 11.3 Å². The number of para-hydroxylation sites is 1. The van der Waals surface area contributed by atoms with Gasteiger partial charge in [0, 0.05) is 41.9 Å². The van der Waals surface area contributed by atoms with Gasteiger partial charge in [0.05, 0.1) is 0 Å². The maximum atomic E-state index is 6.56. The van der Waals surface area contributed by atoms with E-state index < -0.39 is 0 Å². The summed E-state index contributed by atoms with van der Waals surface area (Å²) in [7, 11) is 0. The van der Waals surface area contributed by atoms with Gasteiger partial charge >= 0.3 is 0 Å². The third kappa shape index (κ3) is 3.34. The molecular formula is C40H22O2S. The van der Waals surface area contributed by atoms with Crippen LogP contribution in [0.25, 0.3) is 86.3 Å². The lowest BCUT2D eigenvalue weighted by atomic mass is 9.90. The molecule has 0 bridgehead atoms. The number of hydrogen-bond donors (Lipinski definition) is 0. The van der Waals surface area contributed by atoms with Crippen molar-refractivity contribution in [2.24, 2.45) is 0 Å². The molecule has 43 heavy (non-hydrogen) atoms. The Kier molecular flexibility index (Phi) is 4.63. The van der Waals surface area contributed by atoms with Gasteiger partial charge in [-0.05, 0) is 87.8 Å². The SMILES string of the molecule is c1ccc2c(c1)Oc1cccc3cc(-c4ccc5c(c4)oc4cc(-c6cccc7c6sc6ccccc67)ccc45)cc-2c13. The lowest BCUT2D eigenvalue weighted by molar-refractivity contribution is 0.487. The van der Waals surface area contributed by atoms with E-state index in [9.17, 15) is 0 Å². The summed E-state index contributed by atoms with van der Waals surface area (Å²) < 4.78 is 15.4.